The first-order chi connectivity index (χ1) is 8.60. The number of nitrogens with zero attached hydrogens (tertiary/aromatic N) is 2. The third-order valence-electron chi connectivity index (χ3n) is 2.30. The first-order valence-electron chi connectivity index (χ1n) is 5.21. The summed E-state index contributed by atoms with van der Waals surface area (Å²) in [4.78, 5) is 4.17. The number of nitrogen functional groups attached to an aromatic ring is 1. The second-order valence-electron chi connectivity index (χ2n) is 3.70. The highest BCUT2D eigenvalue weighted by Crippen LogP contribution is 2.30. The van der Waals surface area contributed by atoms with Crippen LogP contribution in [0.15, 0.2) is 30.3 Å². The minimum absolute atomic E-state index is 0.228. The molecule has 0 aliphatic carbocycles. The van der Waals surface area contributed by atoms with Crippen LogP contribution in [0.4, 0.5) is 5.69 Å². The van der Waals surface area contributed by atoms with Gasteiger partial charge in [-0.15, -0.1) is 0 Å². The normalized spacial score (nSPS) is 9.83. The lowest BCUT2D eigenvalue weighted by atomic mass is 10.2. The molecule has 5 heteroatoms. The SMILES string of the molecule is Cc1ccc(C#N)c(Oc2cc(Cl)ccc2N)n1. The van der Waals surface area contributed by atoms with Crippen molar-refractivity contribution in [2.45, 2.75) is 6.92 Å². The molecule has 0 saturated heterocycles. The molecule has 0 aliphatic heterocycles. The summed E-state index contributed by atoms with van der Waals surface area (Å²) >= 11 is 5.87. The van der Waals surface area contributed by atoms with Crippen LogP contribution >= 0.6 is 11.6 Å². The Morgan fingerprint density at radius 3 is 2.83 bits per heavy atom. The number of ether oxygens (including phenoxy) is 1. The van der Waals surface area contributed by atoms with Crippen LogP contribution in [-0.4, -0.2) is 4.98 Å². The molecular formula is C13H10ClN3O. The molecule has 0 unspecified atom stereocenters. The number of aromatic nitrogens is 1. The van der Waals surface area contributed by atoms with Crippen LogP contribution < -0.4 is 10.5 Å². The van der Waals surface area contributed by atoms with Gasteiger partial charge in [0.25, 0.3) is 0 Å². The van der Waals surface area contributed by atoms with Gasteiger partial charge < -0.3 is 10.5 Å². The number of hydrogen-bond acceptors (Lipinski definition) is 4. The zero-order valence-corrected chi connectivity index (χ0v) is 10.4. The second-order valence-corrected chi connectivity index (χ2v) is 4.14. The first kappa shape index (κ1) is 12.2. The van der Waals surface area contributed by atoms with Crippen molar-refractivity contribution in [2.24, 2.45) is 0 Å². The maximum absolute atomic E-state index is 8.98. The van der Waals surface area contributed by atoms with E-state index in [4.69, 9.17) is 27.3 Å². The van der Waals surface area contributed by atoms with Crippen LogP contribution in [0.1, 0.15) is 11.3 Å². The van der Waals surface area contributed by atoms with Gasteiger partial charge in [-0.25, -0.2) is 4.98 Å². The van der Waals surface area contributed by atoms with E-state index in [-0.39, 0.29) is 5.88 Å². The summed E-state index contributed by atoms with van der Waals surface area (Å²) in [5.41, 5.74) is 7.31. The van der Waals surface area contributed by atoms with E-state index in [0.29, 0.717) is 22.0 Å². The highest BCUT2D eigenvalue weighted by atomic mass is 35.5. The molecule has 0 fully saturated rings. The van der Waals surface area contributed by atoms with Crippen LogP contribution in [0, 0.1) is 18.3 Å². The number of benzene rings is 1. The lowest BCUT2D eigenvalue weighted by Crippen LogP contribution is -1.97. The molecule has 2 rings (SSSR count). The van der Waals surface area contributed by atoms with Gasteiger partial charge in [-0.2, -0.15) is 5.26 Å². The molecule has 18 heavy (non-hydrogen) atoms. The Morgan fingerprint density at radius 1 is 1.33 bits per heavy atom. The molecule has 4 nitrogen and oxygen atoms in total. The maximum Gasteiger partial charge on any atom is 0.237 e. The first-order valence-corrected chi connectivity index (χ1v) is 5.58. The van der Waals surface area contributed by atoms with Crippen molar-refractivity contribution in [1.29, 1.82) is 5.26 Å². The van der Waals surface area contributed by atoms with Crippen LogP contribution in [0.3, 0.4) is 0 Å². The monoisotopic (exact) mass is 259 g/mol. The summed E-state index contributed by atoms with van der Waals surface area (Å²) in [5, 5.41) is 9.49. The average Bonchev–Trinajstić information content (AvgIpc) is 2.34. The molecule has 0 amide bonds. The highest BCUT2D eigenvalue weighted by molar-refractivity contribution is 6.30. The van der Waals surface area contributed by atoms with E-state index >= 15 is 0 Å². The molecular weight excluding hydrogens is 250 g/mol. The van der Waals surface area contributed by atoms with Gasteiger partial charge in [-0.1, -0.05) is 11.6 Å². The van der Waals surface area contributed by atoms with E-state index in [1.165, 1.54) is 0 Å². The minimum Gasteiger partial charge on any atom is -0.435 e. The van der Waals surface area contributed by atoms with E-state index in [1.54, 1.807) is 30.3 Å². The zero-order chi connectivity index (χ0) is 13.1. The summed E-state index contributed by atoms with van der Waals surface area (Å²) in [5.74, 6) is 0.614. The van der Waals surface area contributed by atoms with Crippen molar-refractivity contribution in [2.75, 3.05) is 5.73 Å². The van der Waals surface area contributed by atoms with E-state index < -0.39 is 0 Å². The largest absolute Gasteiger partial charge is 0.435 e. The number of nitriles is 1. The van der Waals surface area contributed by atoms with Crippen molar-refractivity contribution in [3.8, 4) is 17.7 Å². The molecule has 0 bridgehead atoms. The quantitative estimate of drug-likeness (QED) is 0.840. The van der Waals surface area contributed by atoms with Crippen LogP contribution in [0.2, 0.25) is 5.02 Å². The number of hydrogen-bond donors (Lipinski definition) is 1. The third-order valence-corrected chi connectivity index (χ3v) is 2.54. The Morgan fingerprint density at radius 2 is 2.11 bits per heavy atom. The minimum atomic E-state index is 0.228. The standard InChI is InChI=1S/C13H10ClN3O/c1-8-2-3-9(7-15)13(17-8)18-12-6-10(14)4-5-11(12)16/h2-6H,16H2,1H3. The number of nitrogens with two attached hydrogens (primary N) is 1. The van der Waals surface area contributed by atoms with Crippen molar-refractivity contribution >= 4 is 17.3 Å². The summed E-state index contributed by atoms with van der Waals surface area (Å²) in [6.07, 6.45) is 0. The summed E-state index contributed by atoms with van der Waals surface area (Å²) in [7, 11) is 0. The zero-order valence-electron chi connectivity index (χ0n) is 9.64. The smallest absolute Gasteiger partial charge is 0.237 e. The van der Waals surface area contributed by atoms with Gasteiger partial charge >= 0.3 is 0 Å². The lowest BCUT2D eigenvalue weighted by molar-refractivity contribution is 0.462. The van der Waals surface area contributed by atoms with Crippen LogP contribution in [0.25, 0.3) is 0 Å². The second kappa shape index (κ2) is 4.94. The lowest BCUT2D eigenvalue weighted by Gasteiger charge is -2.09. The maximum atomic E-state index is 8.98. The molecule has 0 spiro atoms. The predicted octanol–water partition coefficient (Wildman–Crippen LogP) is 3.29. The van der Waals surface area contributed by atoms with Gasteiger partial charge in [0.1, 0.15) is 11.6 Å². The van der Waals surface area contributed by atoms with Crippen LogP contribution in [0.5, 0.6) is 11.6 Å². The third kappa shape index (κ3) is 2.53. The fourth-order valence-electron chi connectivity index (χ4n) is 1.40. The summed E-state index contributed by atoms with van der Waals surface area (Å²) in [6.45, 7) is 1.81. The Bertz CT molecular complexity index is 635. The number of pyridine rings is 1. The van der Waals surface area contributed by atoms with Gasteiger partial charge in [0.2, 0.25) is 5.88 Å². The van der Waals surface area contributed by atoms with E-state index in [9.17, 15) is 0 Å². The fourth-order valence-corrected chi connectivity index (χ4v) is 1.56. The number of rotatable bonds is 2. The molecule has 90 valence electrons. The molecule has 2 N–H and O–H groups in total. The Labute approximate surface area is 110 Å². The molecule has 2 aromatic rings. The molecule has 1 aromatic carbocycles. The van der Waals surface area contributed by atoms with E-state index in [2.05, 4.69) is 4.98 Å². The fraction of sp³-hybridized carbons (Fsp3) is 0.0769. The van der Waals surface area contributed by atoms with Gasteiger partial charge in [0, 0.05) is 16.8 Å². The predicted molar refractivity (Wildman–Crippen MR) is 69.6 cm³/mol. The van der Waals surface area contributed by atoms with Gasteiger partial charge in [0.05, 0.1) is 5.69 Å². The topological polar surface area (TPSA) is 71.9 Å². The number of halogens is 1. The molecule has 0 aliphatic rings. The van der Waals surface area contributed by atoms with E-state index in [0.717, 1.165) is 5.69 Å². The Balaban J connectivity index is 2.43. The Hall–Kier alpha value is -2.25. The summed E-state index contributed by atoms with van der Waals surface area (Å²) < 4.78 is 5.55. The average molecular weight is 260 g/mol. The van der Waals surface area contributed by atoms with Crippen molar-refractivity contribution < 1.29 is 4.74 Å². The van der Waals surface area contributed by atoms with Crippen molar-refractivity contribution in [1.82, 2.24) is 4.98 Å². The molecule has 1 aromatic heterocycles. The van der Waals surface area contributed by atoms with Crippen molar-refractivity contribution in [3.05, 3.63) is 46.6 Å². The molecule has 0 saturated carbocycles. The van der Waals surface area contributed by atoms with Crippen LogP contribution in [-0.2, 0) is 0 Å². The van der Waals surface area contributed by atoms with Gasteiger partial charge in [-0.05, 0) is 31.2 Å². The summed E-state index contributed by atoms with van der Waals surface area (Å²) in [6, 6.07) is 10.3. The molecule has 1 heterocycles. The highest BCUT2D eigenvalue weighted by Gasteiger charge is 2.09. The number of anilines is 1. The van der Waals surface area contributed by atoms with Crippen molar-refractivity contribution in [3.63, 3.8) is 0 Å². The van der Waals surface area contributed by atoms with Gasteiger partial charge in [-0.3, -0.25) is 0 Å². The Kier molecular flexibility index (Phi) is 3.35. The van der Waals surface area contributed by atoms with Gasteiger partial charge in [0.15, 0.2) is 5.75 Å². The van der Waals surface area contributed by atoms with E-state index in [1.807, 2.05) is 13.0 Å². The number of aryl methyl sites for hydroxylation is 1. The molecule has 0 radical (unpaired) electrons. The molecule has 0 atom stereocenters.